The highest BCUT2D eigenvalue weighted by molar-refractivity contribution is 5.93. The van der Waals surface area contributed by atoms with Gasteiger partial charge < -0.3 is 15.7 Å². The lowest BCUT2D eigenvalue weighted by molar-refractivity contribution is 0.175. The van der Waals surface area contributed by atoms with Crippen LogP contribution in [-0.4, -0.2) is 32.4 Å². The van der Waals surface area contributed by atoms with Gasteiger partial charge in [0.15, 0.2) is 0 Å². The molecular weight excluding hydrogens is 318 g/mol. The molecule has 0 aliphatic carbocycles. The van der Waals surface area contributed by atoms with Crippen LogP contribution in [-0.2, 0) is 7.05 Å². The summed E-state index contributed by atoms with van der Waals surface area (Å²) >= 11 is 0. The molecule has 0 aliphatic rings. The quantitative estimate of drug-likeness (QED) is 0.666. The highest BCUT2D eigenvalue weighted by Gasteiger charge is 2.14. The second-order valence-electron chi connectivity index (χ2n) is 5.56. The van der Waals surface area contributed by atoms with Crippen LogP contribution in [0.15, 0.2) is 61.1 Å². The van der Waals surface area contributed by atoms with Gasteiger partial charge in [0.1, 0.15) is 5.69 Å². The van der Waals surface area contributed by atoms with Crippen molar-refractivity contribution in [2.45, 2.75) is 6.10 Å². The highest BCUT2D eigenvalue weighted by Crippen LogP contribution is 2.25. The van der Waals surface area contributed by atoms with Crippen LogP contribution >= 0.6 is 0 Å². The number of anilines is 1. The number of pyridine rings is 1. The zero-order valence-electron chi connectivity index (χ0n) is 13.8. The van der Waals surface area contributed by atoms with Crippen molar-refractivity contribution in [1.82, 2.24) is 20.1 Å². The number of nitrogens with zero attached hydrogens (tertiary/aromatic N) is 3. The van der Waals surface area contributed by atoms with E-state index in [0.717, 1.165) is 5.56 Å². The monoisotopic (exact) mass is 337 g/mol. The normalized spacial score (nSPS) is 11.8. The molecule has 0 saturated heterocycles. The van der Waals surface area contributed by atoms with Gasteiger partial charge in [-0.05, 0) is 17.7 Å². The third-order valence-electron chi connectivity index (χ3n) is 3.67. The fraction of sp³-hybridized carbons (Fsp3) is 0.167. The van der Waals surface area contributed by atoms with Crippen LogP contribution in [0.5, 0.6) is 0 Å². The zero-order chi connectivity index (χ0) is 17.6. The molecule has 2 aromatic heterocycles. The van der Waals surface area contributed by atoms with Crippen LogP contribution in [0, 0.1) is 0 Å². The molecule has 2 amide bonds. The molecule has 128 valence electrons. The molecule has 7 nitrogen and oxygen atoms in total. The Balaban J connectivity index is 1.64. The van der Waals surface area contributed by atoms with E-state index in [1.807, 2.05) is 30.3 Å². The second kappa shape index (κ2) is 7.59. The number of amides is 2. The van der Waals surface area contributed by atoms with Crippen molar-refractivity contribution in [2.75, 3.05) is 11.9 Å². The van der Waals surface area contributed by atoms with Gasteiger partial charge in [0.05, 0.1) is 11.8 Å². The van der Waals surface area contributed by atoms with Crippen LogP contribution in [0.2, 0.25) is 0 Å². The minimum Gasteiger partial charge on any atom is -0.387 e. The maximum absolute atomic E-state index is 12.2. The first kappa shape index (κ1) is 16.7. The van der Waals surface area contributed by atoms with Crippen LogP contribution in [0.3, 0.4) is 0 Å². The Bertz CT molecular complexity index is 833. The van der Waals surface area contributed by atoms with Crippen molar-refractivity contribution in [3.8, 4) is 11.3 Å². The molecule has 3 aromatic rings. The Labute approximate surface area is 145 Å². The Morgan fingerprint density at radius 3 is 2.64 bits per heavy atom. The maximum atomic E-state index is 12.2. The number of aliphatic hydroxyl groups is 1. The first-order chi connectivity index (χ1) is 12.1. The number of aliphatic hydroxyl groups excluding tert-OH is 1. The van der Waals surface area contributed by atoms with Gasteiger partial charge in [-0.3, -0.25) is 9.67 Å². The lowest BCUT2D eigenvalue weighted by atomic mass is 10.1. The molecule has 2 heterocycles. The first-order valence-corrected chi connectivity index (χ1v) is 7.85. The van der Waals surface area contributed by atoms with E-state index >= 15 is 0 Å². The SMILES string of the molecule is Cn1cc(NC(=O)NCC(O)c2ccncc2)c(-c2ccccc2)n1. The summed E-state index contributed by atoms with van der Waals surface area (Å²) in [5, 5.41) is 19.9. The Morgan fingerprint density at radius 2 is 1.92 bits per heavy atom. The molecule has 0 spiro atoms. The molecule has 0 aliphatic heterocycles. The van der Waals surface area contributed by atoms with Crippen LogP contribution < -0.4 is 10.6 Å². The Kier molecular flexibility index (Phi) is 5.06. The van der Waals surface area contributed by atoms with Gasteiger partial charge >= 0.3 is 6.03 Å². The predicted octanol–water partition coefficient (Wildman–Crippen LogP) is 2.34. The van der Waals surface area contributed by atoms with Gasteiger partial charge in [0, 0.05) is 37.7 Å². The molecular formula is C18H19N5O2. The minimum absolute atomic E-state index is 0.0940. The second-order valence-corrected chi connectivity index (χ2v) is 5.56. The Morgan fingerprint density at radius 1 is 1.20 bits per heavy atom. The third-order valence-corrected chi connectivity index (χ3v) is 3.67. The number of urea groups is 1. The van der Waals surface area contributed by atoms with E-state index in [1.54, 1.807) is 42.5 Å². The molecule has 0 fully saturated rings. The first-order valence-electron chi connectivity index (χ1n) is 7.85. The van der Waals surface area contributed by atoms with Gasteiger partial charge in [-0.1, -0.05) is 30.3 Å². The number of carbonyl (C=O) groups is 1. The topological polar surface area (TPSA) is 92.1 Å². The van der Waals surface area contributed by atoms with E-state index in [2.05, 4.69) is 20.7 Å². The summed E-state index contributed by atoms with van der Waals surface area (Å²) in [6, 6.07) is 12.6. The van der Waals surface area contributed by atoms with E-state index in [0.29, 0.717) is 16.9 Å². The van der Waals surface area contributed by atoms with Gasteiger partial charge in [-0.2, -0.15) is 5.10 Å². The summed E-state index contributed by atoms with van der Waals surface area (Å²) < 4.78 is 1.64. The third kappa shape index (κ3) is 4.21. The largest absolute Gasteiger partial charge is 0.387 e. The fourth-order valence-electron chi connectivity index (χ4n) is 2.45. The molecule has 0 bridgehead atoms. The van der Waals surface area contributed by atoms with Crippen molar-refractivity contribution in [3.63, 3.8) is 0 Å². The van der Waals surface area contributed by atoms with E-state index in [4.69, 9.17) is 0 Å². The molecule has 0 saturated carbocycles. The predicted molar refractivity (Wildman–Crippen MR) is 94.9 cm³/mol. The molecule has 1 unspecified atom stereocenters. The van der Waals surface area contributed by atoms with Crippen molar-refractivity contribution in [1.29, 1.82) is 0 Å². The maximum Gasteiger partial charge on any atom is 0.319 e. The summed E-state index contributed by atoms with van der Waals surface area (Å²) in [5.74, 6) is 0. The van der Waals surface area contributed by atoms with E-state index in [1.165, 1.54) is 0 Å². The number of rotatable bonds is 5. The van der Waals surface area contributed by atoms with E-state index in [9.17, 15) is 9.90 Å². The molecule has 25 heavy (non-hydrogen) atoms. The number of hydrogen-bond donors (Lipinski definition) is 3. The van der Waals surface area contributed by atoms with Crippen LogP contribution in [0.4, 0.5) is 10.5 Å². The summed E-state index contributed by atoms with van der Waals surface area (Å²) in [6.07, 6.45) is 4.14. The van der Waals surface area contributed by atoms with Crippen LogP contribution in [0.1, 0.15) is 11.7 Å². The zero-order valence-corrected chi connectivity index (χ0v) is 13.8. The van der Waals surface area contributed by atoms with E-state index < -0.39 is 12.1 Å². The van der Waals surface area contributed by atoms with Crippen molar-refractivity contribution in [2.24, 2.45) is 7.05 Å². The van der Waals surface area contributed by atoms with Gasteiger partial charge in [-0.15, -0.1) is 0 Å². The molecule has 1 atom stereocenters. The van der Waals surface area contributed by atoms with Gasteiger partial charge in [-0.25, -0.2) is 4.79 Å². The van der Waals surface area contributed by atoms with Crippen molar-refractivity contribution in [3.05, 3.63) is 66.6 Å². The fourth-order valence-corrected chi connectivity index (χ4v) is 2.45. The lowest BCUT2D eigenvalue weighted by Gasteiger charge is -2.12. The number of aromatic nitrogens is 3. The van der Waals surface area contributed by atoms with Gasteiger partial charge in [0.2, 0.25) is 0 Å². The summed E-state index contributed by atoms with van der Waals surface area (Å²) in [5.41, 5.74) is 2.90. The molecule has 0 radical (unpaired) electrons. The molecule has 3 rings (SSSR count). The van der Waals surface area contributed by atoms with E-state index in [-0.39, 0.29) is 6.54 Å². The van der Waals surface area contributed by atoms with Gasteiger partial charge in [0.25, 0.3) is 0 Å². The van der Waals surface area contributed by atoms with Crippen molar-refractivity contribution >= 4 is 11.7 Å². The smallest absolute Gasteiger partial charge is 0.319 e. The summed E-state index contributed by atoms with van der Waals surface area (Å²) in [6.45, 7) is 0.0940. The number of aryl methyl sites for hydroxylation is 1. The van der Waals surface area contributed by atoms with Crippen LogP contribution in [0.25, 0.3) is 11.3 Å². The summed E-state index contributed by atoms with van der Waals surface area (Å²) in [7, 11) is 1.79. The number of hydrogen-bond acceptors (Lipinski definition) is 4. The summed E-state index contributed by atoms with van der Waals surface area (Å²) in [4.78, 5) is 16.1. The average Bonchev–Trinajstić information content (AvgIpc) is 3.01. The van der Waals surface area contributed by atoms with Crippen molar-refractivity contribution < 1.29 is 9.90 Å². The molecule has 7 heteroatoms. The number of benzene rings is 1. The number of carbonyl (C=O) groups excluding carboxylic acids is 1. The Hall–Kier alpha value is -3.19. The standard InChI is InChI=1S/C18H19N5O2/c1-23-12-15(17(22-23)14-5-3-2-4-6-14)21-18(25)20-11-16(24)13-7-9-19-10-8-13/h2-10,12,16,24H,11H2,1H3,(H2,20,21,25). The number of nitrogens with one attached hydrogen (secondary N) is 2. The average molecular weight is 337 g/mol. The highest BCUT2D eigenvalue weighted by atomic mass is 16.3. The minimum atomic E-state index is -0.795. The molecule has 3 N–H and O–H groups in total. The molecule has 1 aromatic carbocycles. The lowest BCUT2D eigenvalue weighted by Crippen LogP contribution is -2.32.